The minimum Gasteiger partial charge on any atom is -0.484 e. The normalized spacial score (nSPS) is 11.5. The van der Waals surface area contributed by atoms with Crippen LogP contribution in [-0.4, -0.2) is 17.5 Å². The lowest BCUT2D eigenvalue weighted by Crippen LogP contribution is -2.20. The minimum absolute atomic E-state index is 0.0578. The molecule has 7 heteroatoms. The number of hydrogen-bond donors (Lipinski definition) is 1. The summed E-state index contributed by atoms with van der Waals surface area (Å²) < 4.78 is 6.69. The largest absolute Gasteiger partial charge is 0.484 e. The number of carbonyl (C=O) groups excluding carboxylic acids is 1. The van der Waals surface area contributed by atoms with Gasteiger partial charge in [0.2, 0.25) is 0 Å². The first-order valence-electron chi connectivity index (χ1n) is 10.1. The fourth-order valence-electron chi connectivity index (χ4n) is 3.18. The van der Waals surface area contributed by atoms with Crippen LogP contribution in [0.1, 0.15) is 26.3 Å². The van der Waals surface area contributed by atoms with Gasteiger partial charge in [-0.15, -0.1) is 11.3 Å². The van der Waals surface area contributed by atoms with Crippen molar-refractivity contribution in [3.05, 3.63) is 76.3 Å². The standard InChI is InChI=1S/C25H22Cl2N2O2S/c1-25(2,3)15-8-10-16(11-9-15)31-14-23(30)28-21-12-17(18(26)13-19(21)27)24-29-20-6-4-5-7-22(20)32-24/h4-13H,14H2,1-3H3,(H,28,30). The number of halogens is 2. The van der Waals surface area contributed by atoms with Gasteiger partial charge in [0.15, 0.2) is 6.61 Å². The van der Waals surface area contributed by atoms with E-state index in [9.17, 15) is 4.79 Å². The number of amides is 1. The van der Waals surface area contributed by atoms with Crippen molar-refractivity contribution >= 4 is 56.3 Å². The number of thiazole rings is 1. The molecular formula is C25H22Cl2N2O2S. The van der Waals surface area contributed by atoms with Gasteiger partial charge in [-0.05, 0) is 47.4 Å². The molecular weight excluding hydrogens is 463 g/mol. The molecule has 32 heavy (non-hydrogen) atoms. The summed E-state index contributed by atoms with van der Waals surface area (Å²) in [6.07, 6.45) is 0. The van der Waals surface area contributed by atoms with E-state index in [1.54, 1.807) is 12.1 Å². The molecule has 0 saturated carbocycles. The molecule has 0 aliphatic rings. The molecule has 0 bridgehead atoms. The maximum Gasteiger partial charge on any atom is 0.262 e. The van der Waals surface area contributed by atoms with E-state index in [1.165, 1.54) is 16.9 Å². The van der Waals surface area contributed by atoms with Crippen LogP contribution in [0.2, 0.25) is 10.0 Å². The van der Waals surface area contributed by atoms with Crippen molar-refractivity contribution in [3.63, 3.8) is 0 Å². The van der Waals surface area contributed by atoms with E-state index in [-0.39, 0.29) is 17.9 Å². The van der Waals surface area contributed by atoms with Gasteiger partial charge in [0.1, 0.15) is 10.8 Å². The predicted molar refractivity (Wildman–Crippen MR) is 134 cm³/mol. The smallest absolute Gasteiger partial charge is 0.262 e. The van der Waals surface area contributed by atoms with Gasteiger partial charge in [-0.1, -0.05) is 68.2 Å². The number of carbonyl (C=O) groups is 1. The summed E-state index contributed by atoms with van der Waals surface area (Å²) in [6, 6.07) is 19.0. The summed E-state index contributed by atoms with van der Waals surface area (Å²) in [7, 11) is 0. The van der Waals surface area contributed by atoms with Gasteiger partial charge < -0.3 is 10.1 Å². The van der Waals surface area contributed by atoms with E-state index in [2.05, 4.69) is 31.1 Å². The average Bonchev–Trinajstić information content (AvgIpc) is 3.18. The van der Waals surface area contributed by atoms with Crippen LogP contribution in [0.4, 0.5) is 5.69 Å². The van der Waals surface area contributed by atoms with Crippen molar-refractivity contribution in [2.75, 3.05) is 11.9 Å². The Kier molecular flexibility index (Phi) is 6.42. The number of para-hydroxylation sites is 1. The Hall–Kier alpha value is -2.60. The molecule has 164 valence electrons. The van der Waals surface area contributed by atoms with Gasteiger partial charge in [-0.3, -0.25) is 4.79 Å². The Labute approximate surface area is 201 Å². The molecule has 0 unspecified atom stereocenters. The van der Waals surface area contributed by atoms with E-state index in [1.807, 2.05) is 48.5 Å². The number of nitrogens with one attached hydrogen (secondary N) is 1. The molecule has 1 N–H and O–H groups in total. The second kappa shape index (κ2) is 9.10. The third-order valence-electron chi connectivity index (χ3n) is 4.95. The minimum atomic E-state index is -0.315. The molecule has 0 spiro atoms. The highest BCUT2D eigenvalue weighted by atomic mass is 35.5. The molecule has 4 rings (SSSR count). The lowest BCUT2D eigenvalue weighted by Gasteiger charge is -2.19. The van der Waals surface area contributed by atoms with E-state index >= 15 is 0 Å². The van der Waals surface area contributed by atoms with Gasteiger partial charge >= 0.3 is 0 Å². The van der Waals surface area contributed by atoms with E-state index < -0.39 is 0 Å². The topological polar surface area (TPSA) is 51.2 Å². The summed E-state index contributed by atoms with van der Waals surface area (Å²) in [5, 5.41) is 4.40. The number of rotatable bonds is 5. The number of nitrogens with zero attached hydrogens (tertiary/aromatic N) is 1. The SMILES string of the molecule is CC(C)(C)c1ccc(OCC(=O)Nc2cc(-c3nc4ccccc4s3)c(Cl)cc2Cl)cc1. The van der Waals surface area contributed by atoms with Crippen molar-refractivity contribution in [1.29, 1.82) is 0 Å². The van der Waals surface area contributed by atoms with Gasteiger partial charge in [0.25, 0.3) is 5.91 Å². The van der Waals surface area contributed by atoms with Gasteiger partial charge in [0.05, 0.1) is 25.9 Å². The van der Waals surface area contributed by atoms with E-state index in [4.69, 9.17) is 27.9 Å². The molecule has 1 amide bonds. The van der Waals surface area contributed by atoms with Crippen molar-refractivity contribution in [3.8, 4) is 16.3 Å². The summed E-state index contributed by atoms with van der Waals surface area (Å²) >= 11 is 14.3. The number of fused-ring (bicyclic) bond motifs is 1. The summed E-state index contributed by atoms with van der Waals surface area (Å²) in [4.78, 5) is 17.1. The highest BCUT2D eigenvalue weighted by molar-refractivity contribution is 7.21. The third-order valence-corrected chi connectivity index (χ3v) is 6.64. The molecule has 0 fully saturated rings. The van der Waals surface area contributed by atoms with Crippen molar-refractivity contribution in [2.24, 2.45) is 0 Å². The van der Waals surface area contributed by atoms with E-state index in [0.717, 1.165) is 15.2 Å². The summed E-state index contributed by atoms with van der Waals surface area (Å²) in [6.45, 7) is 6.31. The van der Waals surface area contributed by atoms with Crippen LogP contribution in [0.25, 0.3) is 20.8 Å². The average molecular weight is 485 g/mol. The quantitative estimate of drug-likeness (QED) is 0.317. The van der Waals surface area contributed by atoms with Crippen LogP contribution in [0.3, 0.4) is 0 Å². The monoisotopic (exact) mass is 484 g/mol. The first-order chi connectivity index (χ1) is 15.2. The molecule has 0 radical (unpaired) electrons. The van der Waals surface area contributed by atoms with Crippen LogP contribution in [-0.2, 0) is 10.2 Å². The van der Waals surface area contributed by atoms with Gasteiger partial charge in [-0.25, -0.2) is 4.98 Å². The van der Waals surface area contributed by atoms with Crippen LogP contribution in [0, 0.1) is 0 Å². The first kappa shape index (κ1) is 22.6. The Balaban J connectivity index is 1.47. The lowest BCUT2D eigenvalue weighted by molar-refractivity contribution is -0.118. The van der Waals surface area contributed by atoms with Gasteiger partial charge in [-0.2, -0.15) is 0 Å². The highest BCUT2D eigenvalue weighted by Gasteiger charge is 2.16. The number of aromatic nitrogens is 1. The second-order valence-corrected chi connectivity index (χ2v) is 10.3. The fraction of sp³-hybridized carbons (Fsp3) is 0.200. The second-order valence-electron chi connectivity index (χ2n) is 8.41. The lowest BCUT2D eigenvalue weighted by atomic mass is 9.87. The Morgan fingerprint density at radius 1 is 1.03 bits per heavy atom. The molecule has 1 heterocycles. The van der Waals surface area contributed by atoms with Crippen molar-refractivity contribution in [1.82, 2.24) is 4.98 Å². The van der Waals surface area contributed by atoms with Crippen molar-refractivity contribution in [2.45, 2.75) is 26.2 Å². The van der Waals surface area contributed by atoms with Crippen LogP contribution < -0.4 is 10.1 Å². The Morgan fingerprint density at radius 2 is 1.75 bits per heavy atom. The number of hydrogen-bond acceptors (Lipinski definition) is 4. The zero-order valence-electron chi connectivity index (χ0n) is 17.9. The first-order valence-corrected chi connectivity index (χ1v) is 11.7. The number of ether oxygens (including phenoxy) is 1. The molecule has 0 aliphatic carbocycles. The zero-order valence-corrected chi connectivity index (χ0v) is 20.2. The molecule has 3 aromatic carbocycles. The molecule has 0 aliphatic heterocycles. The summed E-state index contributed by atoms with van der Waals surface area (Å²) in [5.74, 6) is 0.315. The van der Waals surface area contributed by atoms with Gasteiger partial charge in [0, 0.05) is 5.56 Å². The predicted octanol–water partition coefficient (Wildman–Crippen LogP) is 7.59. The zero-order chi connectivity index (χ0) is 22.9. The molecule has 0 saturated heterocycles. The van der Waals surface area contributed by atoms with Crippen LogP contribution in [0.15, 0.2) is 60.7 Å². The summed E-state index contributed by atoms with van der Waals surface area (Å²) in [5.41, 5.74) is 3.33. The number of benzene rings is 3. The van der Waals surface area contributed by atoms with Crippen molar-refractivity contribution < 1.29 is 9.53 Å². The Bertz CT molecular complexity index is 1240. The van der Waals surface area contributed by atoms with Crippen LogP contribution >= 0.6 is 34.5 Å². The maximum absolute atomic E-state index is 12.5. The molecule has 4 aromatic rings. The number of anilines is 1. The van der Waals surface area contributed by atoms with E-state index in [0.29, 0.717) is 27.0 Å². The highest BCUT2D eigenvalue weighted by Crippen LogP contribution is 2.39. The molecule has 0 atom stereocenters. The van der Waals surface area contributed by atoms with Crippen LogP contribution in [0.5, 0.6) is 5.75 Å². The third kappa shape index (κ3) is 5.07. The molecule has 4 nitrogen and oxygen atoms in total. The fourth-order valence-corrected chi connectivity index (χ4v) is 4.75. The maximum atomic E-state index is 12.5. The molecule has 1 aromatic heterocycles. The Morgan fingerprint density at radius 3 is 2.44 bits per heavy atom.